The van der Waals surface area contributed by atoms with Crippen molar-refractivity contribution in [2.75, 3.05) is 14.2 Å². The van der Waals surface area contributed by atoms with Crippen molar-refractivity contribution in [3.8, 4) is 0 Å². The third-order valence-electron chi connectivity index (χ3n) is 3.49. The fraction of sp³-hybridized carbons (Fsp3) is 0.294. The molecule has 0 aliphatic heterocycles. The molecule has 23 heavy (non-hydrogen) atoms. The Hall–Kier alpha value is -2.27. The first kappa shape index (κ1) is 17.1. The van der Waals surface area contributed by atoms with Crippen LogP contribution < -0.4 is 0 Å². The van der Waals surface area contributed by atoms with Crippen LogP contribution in [0.15, 0.2) is 34.7 Å². The second kappa shape index (κ2) is 7.33. The Morgan fingerprint density at radius 3 is 2.65 bits per heavy atom. The minimum absolute atomic E-state index is 0.0910. The first-order chi connectivity index (χ1) is 10.9. The van der Waals surface area contributed by atoms with Crippen LogP contribution >= 0.6 is 11.6 Å². The lowest BCUT2D eigenvalue weighted by molar-refractivity contribution is -0.129. The minimum Gasteiger partial charge on any atom is -0.465 e. The highest BCUT2D eigenvalue weighted by atomic mass is 35.5. The molecule has 0 saturated carbocycles. The fourth-order valence-electron chi connectivity index (χ4n) is 2.20. The Morgan fingerprint density at radius 2 is 2.00 bits per heavy atom. The summed E-state index contributed by atoms with van der Waals surface area (Å²) in [7, 11) is 2.99. The molecule has 1 aromatic heterocycles. The zero-order chi connectivity index (χ0) is 17.0. The van der Waals surface area contributed by atoms with Crippen molar-refractivity contribution >= 4 is 23.5 Å². The molecular formula is C17H18ClNO4. The number of furan rings is 1. The number of amides is 1. The number of aryl methyl sites for hydroxylation is 1. The molecule has 0 N–H and O–H groups in total. The van der Waals surface area contributed by atoms with Gasteiger partial charge in [0.15, 0.2) is 0 Å². The molecule has 1 amide bonds. The molecule has 0 fully saturated rings. The molecular weight excluding hydrogens is 318 g/mol. The van der Waals surface area contributed by atoms with Crippen LogP contribution in [0.3, 0.4) is 0 Å². The van der Waals surface area contributed by atoms with Gasteiger partial charge < -0.3 is 14.1 Å². The summed E-state index contributed by atoms with van der Waals surface area (Å²) in [6.07, 6.45) is 0.208. The molecule has 1 aromatic carbocycles. The van der Waals surface area contributed by atoms with Gasteiger partial charge in [-0.15, -0.1) is 0 Å². The zero-order valence-electron chi connectivity index (χ0n) is 13.3. The van der Waals surface area contributed by atoms with Gasteiger partial charge in [-0.05, 0) is 24.6 Å². The van der Waals surface area contributed by atoms with Crippen molar-refractivity contribution in [3.05, 3.63) is 58.0 Å². The number of esters is 1. The third-order valence-corrected chi connectivity index (χ3v) is 3.86. The van der Waals surface area contributed by atoms with Gasteiger partial charge in [-0.1, -0.05) is 29.8 Å². The second-order valence-electron chi connectivity index (χ2n) is 5.19. The standard InChI is InChI=1S/C17H18ClNO4/c1-11-14(17(21)22-3)9-13(23-11)10-19(2)16(20)8-12-6-4-5-7-15(12)18/h4-7,9H,8,10H2,1-3H3. The number of hydrogen-bond donors (Lipinski definition) is 0. The second-order valence-corrected chi connectivity index (χ2v) is 5.60. The van der Waals surface area contributed by atoms with E-state index in [1.165, 1.54) is 12.0 Å². The van der Waals surface area contributed by atoms with E-state index < -0.39 is 5.97 Å². The van der Waals surface area contributed by atoms with Gasteiger partial charge in [-0.25, -0.2) is 4.79 Å². The molecule has 2 rings (SSSR count). The van der Waals surface area contributed by atoms with Crippen molar-refractivity contribution in [1.29, 1.82) is 0 Å². The Kier molecular flexibility index (Phi) is 5.45. The summed E-state index contributed by atoms with van der Waals surface area (Å²) in [5.74, 6) is 0.450. The molecule has 0 spiro atoms. The largest absolute Gasteiger partial charge is 0.465 e. The van der Waals surface area contributed by atoms with Crippen molar-refractivity contribution in [2.45, 2.75) is 19.9 Å². The third kappa shape index (κ3) is 4.13. The predicted octanol–water partition coefficient (Wildman–Crippen LogP) is 3.23. The summed E-state index contributed by atoms with van der Waals surface area (Å²) in [4.78, 5) is 25.4. The van der Waals surface area contributed by atoms with E-state index in [0.717, 1.165) is 5.56 Å². The Bertz CT molecular complexity index is 723. The number of benzene rings is 1. The number of rotatable bonds is 5. The summed E-state index contributed by atoms with van der Waals surface area (Å²) in [6, 6.07) is 8.83. The smallest absolute Gasteiger partial charge is 0.341 e. The van der Waals surface area contributed by atoms with E-state index >= 15 is 0 Å². The van der Waals surface area contributed by atoms with Gasteiger partial charge in [0.1, 0.15) is 17.1 Å². The molecule has 0 saturated heterocycles. The lowest BCUT2D eigenvalue weighted by Gasteiger charge is -2.16. The lowest BCUT2D eigenvalue weighted by Crippen LogP contribution is -2.27. The number of ether oxygens (including phenoxy) is 1. The fourth-order valence-corrected chi connectivity index (χ4v) is 2.40. The minimum atomic E-state index is -0.456. The van der Waals surface area contributed by atoms with Crippen molar-refractivity contribution in [2.24, 2.45) is 0 Å². The topological polar surface area (TPSA) is 59.8 Å². The highest BCUT2D eigenvalue weighted by Gasteiger charge is 2.18. The Morgan fingerprint density at radius 1 is 1.30 bits per heavy atom. The van der Waals surface area contributed by atoms with Crippen LogP contribution in [0.25, 0.3) is 0 Å². The van der Waals surface area contributed by atoms with E-state index in [9.17, 15) is 9.59 Å². The Labute approximate surface area is 139 Å². The van der Waals surface area contributed by atoms with E-state index in [2.05, 4.69) is 4.74 Å². The molecule has 0 bridgehead atoms. The molecule has 0 unspecified atom stereocenters. The van der Waals surface area contributed by atoms with E-state index in [0.29, 0.717) is 22.1 Å². The maximum atomic E-state index is 12.3. The van der Waals surface area contributed by atoms with Crippen molar-refractivity contribution in [1.82, 2.24) is 4.90 Å². The van der Waals surface area contributed by atoms with Crippen molar-refractivity contribution < 1.29 is 18.7 Å². The van der Waals surface area contributed by atoms with Crippen LogP contribution in [0.4, 0.5) is 0 Å². The van der Waals surface area contributed by atoms with Gasteiger partial charge in [0.05, 0.1) is 20.1 Å². The monoisotopic (exact) mass is 335 g/mol. The molecule has 122 valence electrons. The highest BCUT2D eigenvalue weighted by Crippen LogP contribution is 2.19. The average Bonchev–Trinajstić information content (AvgIpc) is 2.89. The van der Waals surface area contributed by atoms with Gasteiger partial charge in [-0.3, -0.25) is 4.79 Å². The number of methoxy groups -OCH3 is 1. The average molecular weight is 336 g/mol. The molecule has 0 atom stereocenters. The van der Waals surface area contributed by atoms with E-state index in [4.69, 9.17) is 16.0 Å². The maximum Gasteiger partial charge on any atom is 0.341 e. The quantitative estimate of drug-likeness (QED) is 0.787. The summed E-state index contributed by atoms with van der Waals surface area (Å²) < 4.78 is 10.2. The van der Waals surface area contributed by atoms with Gasteiger partial charge in [0.2, 0.25) is 5.91 Å². The molecule has 5 nitrogen and oxygen atoms in total. The number of likely N-dealkylation sites (N-methyl/N-ethyl adjacent to an activating group) is 1. The van der Waals surface area contributed by atoms with Gasteiger partial charge in [0, 0.05) is 12.1 Å². The van der Waals surface area contributed by atoms with Crippen LogP contribution in [0.1, 0.15) is 27.4 Å². The number of nitrogens with zero attached hydrogens (tertiary/aromatic N) is 1. The van der Waals surface area contributed by atoms with Crippen LogP contribution in [-0.4, -0.2) is 30.9 Å². The Balaban J connectivity index is 2.04. The number of carbonyl (C=O) groups is 2. The van der Waals surface area contributed by atoms with Crippen molar-refractivity contribution in [3.63, 3.8) is 0 Å². The number of carbonyl (C=O) groups excluding carboxylic acids is 2. The van der Waals surface area contributed by atoms with Gasteiger partial charge in [0.25, 0.3) is 0 Å². The molecule has 0 aliphatic rings. The summed E-state index contributed by atoms with van der Waals surface area (Å²) in [5, 5.41) is 0.566. The van der Waals surface area contributed by atoms with Crippen LogP contribution in [0.5, 0.6) is 0 Å². The first-order valence-corrected chi connectivity index (χ1v) is 7.45. The molecule has 0 aliphatic carbocycles. The normalized spacial score (nSPS) is 10.4. The van der Waals surface area contributed by atoms with Crippen LogP contribution in [0.2, 0.25) is 5.02 Å². The maximum absolute atomic E-state index is 12.3. The van der Waals surface area contributed by atoms with Gasteiger partial charge in [-0.2, -0.15) is 0 Å². The zero-order valence-corrected chi connectivity index (χ0v) is 14.0. The predicted molar refractivity (Wildman–Crippen MR) is 86.4 cm³/mol. The summed E-state index contributed by atoms with van der Waals surface area (Å²) >= 11 is 6.07. The van der Waals surface area contributed by atoms with Crippen LogP contribution in [-0.2, 0) is 22.5 Å². The van der Waals surface area contributed by atoms with E-state index in [-0.39, 0.29) is 18.9 Å². The van der Waals surface area contributed by atoms with Gasteiger partial charge >= 0.3 is 5.97 Å². The van der Waals surface area contributed by atoms with E-state index in [1.54, 1.807) is 26.1 Å². The molecule has 0 radical (unpaired) electrons. The number of halogens is 1. The highest BCUT2D eigenvalue weighted by molar-refractivity contribution is 6.31. The number of hydrogen-bond acceptors (Lipinski definition) is 4. The lowest BCUT2D eigenvalue weighted by atomic mass is 10.1. The molecule has 1 heterocycles. The first-order valence-electron chi connectivity index (χ1n) is 7.07. The SMILES string of the molecule is COC(=O)c1cc(CN(C)C(=O)Cc2ccccc2Cl)oc1C. The summed E-state index contributed by atoms with van der Waals surface area (Å²) in [6.45, 7) is 1.95. The molecule has 6 heteroatoms. The van der Waals surface area contributed by atoms with E-state index in [1.807, 2.05) is 18.2 Å². The van der Waals surface area contributed by atoms with Crippen LogP contribution in [0, 0.1) is 6.92 Å². The molecule has 2 aromatic rings. The summed E-state index contributed by atoms with van der Waals surface area (Å²) in [5.41, 5.74) is 1.14.